The number of halogens is 1. The van der Waals surface area contributed by atoms with Crippen molar-refractivity contribution in [1.82, 2.24) is 5.32 Å². The molecule has 0 fully saturated rings. The van der Waals surface area contributed by atoms with Gasteiger partial charge in [0.05, 0.1) is 7.11 Å². The summed E-state index contributed by atoms with van der Waals surface area (Å²) in [5, 5.41) is 6.84. The van der Waals surface area contributed by atoms with E-state index in [-0.39, 0.29) is 5.91 Å². The first kappa shape index (κ1) is 17.2. The predicted molar refractivity (Wildman–Crippen MR) is 94.3 cm³/mol. The molecule has 5 heteroatoms. The van der Waals surface area contributed by atoms with Crippen LogP contribution in [0.3, 0.4) is 0 Å². The first-order valence-electron chi connectivity index (χ1n) is 7.56. The fourth-order valence-electron chi connectivity index (χ4n) is 2.18. The lowest BCUT2D eigenvalue weighted by molar-refractivity contribution is -0.120. The van der Waals surface area contributed by atoms with E-state index in [9.17, 15) is 4.79 Å². The molecule has 2 rings (SSSR count). The molecule has 0 heterocycles. The summed E-state index contributed by atoms with van der Waals surface area (Å²) < 4.78 is 5.16. The van der Waals surface area contributed by atoms with Gasteiger partial charge in [-0.25, -0.2) is 0 Å². The molecule has 122 valence electrons. The minimum Gasteiger partial charge on any atom is -0.497 e. The van der Waals surface area contributed by atoms with Crippen molar-refractivity contribution in [3.8, 4) is 5.75 Å². The minimum absolute atomic E-state index is 0.0300. The predicted octanol–water partition coefficient (Wildman–Crippen LogP) is 3.51. The van der Waals surface area contributed by atoms with E-state index in [2.05, 4.69) is 10.6 Å². The van der Waals surface area contributed by atoms with Crippen LogP contribution in [0, 0.1) is 0 Å². The Kier molecular flexibility index (Phi) is 6.76. The molecule has 0 aliphatic carbocycles. The number of nitrogens with one attached hydrogen (secondary N) is 2. The van der Waals surface area contributed by atoms with Gasteiger partial charge in [-0.1, -0.05) is 29.8 Å². The van der Waals surface area contributed by atoms with E-state index in [0.717, 1.165) is 28.4 Å². The number of methoxy groups -OCH3 is 1. The highest BCUT2D eigenvalue weighted by Gasteiger charge is 2.02. The van der Waals surface area contributed by atoms with Gasteiger partial charge in [-0.15, -0.1) is 0 Å². The number of hydrogen-bond acceptors (Lipinski definition) is 3. The van der Waals surface area contributed by atoms with Crippen LogP contribution in [-0.4, -0.2) is 26.1 Å². The van der Waals surface area contributed by atoms with Crippen LogP contribution < -0.4 is 15.4 Å². The van der Waals surface area contributed by atoms with E-state index in [0.29, 0.717) is 19.5 Å². The molecule has 0 spiro atoms. The maximum Gasteiger partial charge on any atom is 0.221 e. The molecule has 23 heavy (non-hydrogen) atoms. The normalized spacial score (nSPS) is 10.2. The summed E-state index contributed by atoms with van der Waals surface area (Å²) in [6.45, 7) is 1.19. The second-order valence-corrected chi connectivity index (χ2v) is 5.58. The molecule has 0 unspecified atom stereocenters. The summed E-state index contributed by atoms with van der Waals surface area (Å²) >= 11 is 5.93. The molecule has 0 atom stereocenters. The molecular formula is C18H21ClN2O2. The van der Waals surface area contributed by atoms with E-state index in [1.165, 1.54) is 0 Å². The van der Waals surface area contributed by atoms with Gasteiger partial charge in [-0.05, 0) is 36.2 Å². The van der Waals surface area contributed by atoms with Crippen LogP contribution in [0.1, 0.15) is 12.0 Å². The third kappa shape index (κ3) is 6.20. The van der Waals surface area contributed by atoms with Crippen molar-refractivity contribution < 1.29 is 9.53 Å². The summed E-state index contributed by atoms with van der Waals surface area (Å²) in [7, 11) is 1.63. The molecule has 0 aliphatic heterocycles. The summed E-state index contributed by atoms with van der Waals surface area (Å²) in [5.41, 5.74) is 2.06. The molecule has 0 bridgehead atoms. The van der Waals surface area contributed by atoms with Crippen molar-refractivity contribution in [2.24, 2.45) is 0 Å². The van der Waals surface area contributed by atoms with Crippen LogP contribution in [0.15, 0.2) is 48.5 Å². The molecular weight excluding hydrogens is 312 g/mol. The second kappa shape index (κ2) is 9.06. The molecule has 2 aromatic carbocycles. The summed E-state index contributed by atoms with van der Waals surface area (Å²) in [5.74, 6) is 0.823. The quantitative estimate of drug-likeness (QED) is 0.777. The summed E-state index contributed by atoms with van der Waals surface area (Å²) in [6.07, 6.45) is 1.20. The van der Waals surface area contributed by atoms with Crippen LogP contribution in [0.5, 0.6) is 5.75 Å². The van der Waals surface area contributed by atoms with Gasteiger partial charge in [0.15, 0.2) is 0 Å². The van der Waals surface area contributed by atoms with Gasteiger partial charge in [0, 0.05) is 36.3 Å². The van der Waals surface area contributed by atoms with Crippen molar-refractivity contribution in [3.63, 3.8) is 0 Å². The highest BCUT2D eigenvalue weighted by molar-refractivity contribution is 6.30. The first-order valence-corrected chi connectivity index (χ1v) is 7.94. The van der Waals surface area contributed by atoms with Crippen molar-refractivity contribution >= 4 is 23.2 Å². The molecule has 4 nitrogen and oxygen atoms in total. The SMILES string of the molecule is COc1cccc(NCCC(=O)NCCc2cccc(Cl)c2)c1. The zero-order valence-corrected chi connectivity index (χ0v) is 13.9. The first-order chi connectivity index (χ1) is 11.2. The summed E-state index contributed by atoms with van der Waals surface area (Å²) in [6, 6.07) is 15.3. The van der Waals surface area contributed by atoms with Crippen LogP contribution in [0.2, 0.25) is 5.02 Å². The number of amides is 1. The Morgan fingerprint density at radius 1 is 1.13 bits per heavy atom. The van der Waals surface area contributed by atoms with Gasteiger partial charge >= 0.3 is 0 Å². The largest absolute Gasteiger partial charge is 0.497 e. The molecule has 0 radical (unpaired) electrons. The fraction of sp³-hybridized carbons (Fsp3) is 0.278. The lowest BCUT2D eigenvalue weighted by Gasteiger charge is -2.09. The topological polar surface area (TPSA) is 50.4 Å². The maximum absolute atomic E-state index is 11.8. The Hall–Kier alpha value is -2.20. The number of carbonyl (C=O) groups is 1. The fourth-order valence-corrected chi connectivity index (χ4v) is 2.39. The highest BCUT2D eigenvalue weighted by atomic mass is 35.5. The standard InChI is InChI=1S/C18H21ClN2O2/c1-23-17-7-3-6-16(13-17)20-11-9-18(22)21-10-8-14-4-2-5-15(19)12-14/h2-7,12-13,20H,8-11H2,1H3,(H,21,22). The van der Waals surface area contributed by atoms with Crippen LogP contribution in [-0.2, 0) is 11.2 Å². The van der Waals surface area contributed by atoms with E-state index in [1.807, 2.05) is 48.5 Å². The zero-order chi connectivity index (χ0) is 16.5. The Bertz CT molecular complexity index is 646. The summed E-state index contributed by atoms with van der Waals surface area (Å²) in [4.78, 5) is 11.8. The minimum atomic E-state index is 0.0300. The molecule has 2 aromatic rings. The molecule has 0 saturated heterocycles. The lowest BCUT2D eigenvalue weighted by Crippen LogP contribution is -2.27. The number of benzene rings is 2. The lowest BCUT2D eigenvalue weighted by atomic mass is 10.1. The van der Waals surface area contributed by atoms with E-state index in [1.54, 1.807) is 7.11 Å². The average molecular weight is 333 g/mol. The number of ether oxygens (including phenoxy) is 1. The van der Waals surface area contributed by atoms with Gasteiger partial charge < -0.3 is 15.4 Å². The van der Waals surface area contributed by atoms with Gasteiger partial charge in [-0.2, -0.15) is 0 Å². The van der Waals surface area contributed by atoms with Gasteiger partial charge in [0.25, 0.3) is 0 Å². The van der Waals surface area contributed by atoms with E-state index in [4.69, 9.17) is 16.3 Å². The molecule has 0 saturated carbocycles. The Morgan fingerprint density at radius 3 is 2.74 bits per heavy atom. The van der Waals surface area contributed by atoms with Crippen LogP contribution in [0.25, 0.3) is 0 Å². The van der Waals surface area contributed by atoms with Crippen molar-refractivity contribution in [3.05, 3.63) is 59.1 Å². The third-order valence-corrected chi connectivity index (χ3v) is 3.61. The van der Waals surface area contributed by atoms with Crippen molar-refractivity contribution in [2.45, 2.75) is 12.8 Å². The van der Waals surface area contributed by atoms with E-state index >= 15 is 0 Å². The van der Waals surface area contributed by atoms with Crippen molar-refractivity contribution in [2.75, 3.05) is 25.5 Å². The third-order valence-electron chi connectivity index (χ3n) is 3.38. The van der Waals surface area contributed by atoms with Crippen LogP contribution in [0.4, 0.5) is 5.69 Å². The van der Waals surface area contributed by atoms with Gasteiger partial charge in [0.1, 0.15) is 5.75 Å². The Labute approximate surface area is 141 Å². The number of rotatable bonds is 8. The van der Waals surface area contributed by atoms with E-state index < -0.39 is 0 Å². The maximum atomic E-state index is 11.8. The highest BCUT2D eigenvalue weighted by Crippen LogP contribution is 2.16. The smallest absolute Gasteiger partial charge is 0.221 e. The van der Waals surface area contributed by atoms with Crippen LogP contribution >= 0.6 is 11.6 Å². The Morgan fingerprint density at radius 2 is 1.96 bits per heavy atom. The zero-order valence-electron chi connectivity index (χ0n) is 13.1. The second-order valence-electron chi connectivity index (χ2n) is 5.14. The van der Waals surface area contributed by atoms with Gasteiger partial charge in [-0.3, -0.25) is 4.79 Å². The number of carbonyl (C=O) groups excluding carboxylic acids is 1. The number of hydrogen-bond donors (Lipinski definition) is 2. The average Bonchev–Trinajstić information content (AvgIpc) is 2.55. The Balaban J connectivity index is 1.65. The van der Waals surface area contributed by atoms with Gasteiger partial charge in [0.2, 0.25) is 5.91 Å². The number of anilines is 1. The molecule has 0 aliphatic rings. The monoisotopic (exact) mass is 332 g/mol. The molecule has 0 aromatic heterocycles. The molecule has 1 amide bonds. The van der Waals surface area contributed by atoms with Crippen molar-refractivity contribution in [1.29, 1.82) is 0 Å². The molecule has 2 N–H and O–H groups in total.